The van der Waals surface area contributed by atoms with Crippen molar-refractivity contribution in [3.05, 3.63) is 58.7 Å². The maximum Gasteiger partial charge on any atom is 0.122 e. The van der Waals surface area contributed by atoms with Crippen molar-refractivity contribution in [3.8, 4) is 11.5 Å². The Bertz CT molecular complexity index is 888. The number of benzene rings is 2. The second-order valence-electron chi connectivity index (χ2n) is 9.18. The molecule has 27 heavy (non-hydrogen) atoms. The lowest BCUT2D eigenvalue weighted by Crippen LogP contribution is -2.49. The monoisotopic (exact) mass is 380 g/mol. The molecule has 0 amide bonds. The molecule has 3 rings (SSSR count). The maximum absolute atomic E-state index is 6.03. The third-order valence-electron chi connectivity index (χ3n) is 5.87. The highest BCUT2D eigenvalue weighted by molar-refractivity contribution is 6.92. The van der Waals surface area contributed by atoms with Gasteiger partial charge in [0, 0.05) is 11.1 Å². The van der Waals surface area contributed by atoms with Crippen LogP contribution in [0.25, 0.3) is 6.08 Å². The average molecular weight is 381 g/mol. The number of rotatable bonds is 4. The number of hydrogen-bond acceptors (Lipinski definition) is 2. The van der Waals surface area contributed by atoms with E-state index < -0.39 is 8.07 Å². The van der Waals surface area contributed by atoms with Crippen LogP contribution >= 0.6 is 0 Å². The van der Waals surface area contributed by atoms with Crippen molar-refractivity contribution >= 4 is 19.3 Å². The van der Waals surface area contributed by atoms with Crippen molar-refractivity contribution in [2.24, 2.45) is 0 Å². The van der Waals surface area contributed by atoms with Crippen LogP contribution in [-0.4, -0.2) is 22.3 Å². The minimum absolute atomic E-state index is 0.0163. The van der Waals surface area contributed by atoms with Crippen LogP contribution in [0.5, 0.6) is 11.5 Å². The number of methoxy groups -OCH3 is 2. The molecule has 0 bridgehead atoms. The van der Waals surface area contributed by atoms with E-state index in [1.54, 1.807) is 14.2 Å². The first-order valence-electron chi connectivity index (χ1n) is 9.65. The van der Waals surface area contributed by atoms with Gasteiger partial charge in [-0.05, 0) is 40.8 Å². The van der Waals surface area contributed by atoms with Gasteiger partial charge in [0.1, 0.15) is 11.5 Å². The Morgan fingerprint density at radius 3 is 2.22 bits per heavy atom. The van der Waals surface area contributed by atoms with Gasteiger partial charge in [-0.3, -0.25) is 0 Å². The summed E-state index contributed by atoms with van der Waals surface area (Å²) in [6.45, 7) is 13.9. The van der Waals surface area contributed by atoms with Gasteiger partial charge in [-0.15, -0.1) is 0 Å². The lowest BCUT2D eigenvalue weighted by molar-refractivity contribution is 0.391. The molecule has 1 unspecified atom stereocenters. The van der Waals surface area contributed by atoms with E-state index in [1.807, 2.05) is 0 Å². The molecule has 1 aliphatic rings. The van der Waals surface area contributed by atoms with E-state index in [-0.39, 0.29) is 5.41 Å². The molecule has 0 saturated heterocycles. The number of ether oxygens (including phenoxy) is 2. The summed E-state index contributed by atoms with van der Waals surface area (Å²) in [6.07, 6.45) is 2.35. The van der Waals surface area contributed by atoms with Crippen LogP contribution in [0, 0.1) is 0 Å². The smallest absolute Gasteiger partial charge is 0.122 e. The molecule has 2 aromatic rings. The van der Waals surface area contributed by atoms with Gasteiger partial charge in [-0.25, -0.2) is 0 Å². The van der Waals surface area contributed by atoms with E-state index in [0.29, 0.717) is 5.54 Å². The molecular formula is C24H32O2Si. The fraction of sp³-hybridized carbons (Fsp3) is 0.417. The fourth-order valence-corrected chi connectivity index (χ4v) is 8.48. The minimum atomic E-state index is -1.96. The summed E-state index contributed by atoms with van der Waals surface area (Å²) in [5.41, 5.74) is 5.91. The van der Waals surface area contributed by atoms with Crippen LogP contribution in [0.15, 0.2) is 42.0 Å². The minimum Gasteiger partial charge on any atom is -0.497 e. The molecule has 0 aromatic heterocycles. The van der Waals surface area contributed by atoms with Crippen LogP contribution in [0.4, 0.5) is 0 Å². The van der Waals surface area contributed by atoms with E-state index >= 15 is 0 Å². The van der Waals surface area contributed by atoms with Crippen molar-refractivity contribution in [2.45, 2.75) is 51.7 Å². The Morgan fingerprint density at radius 2 is 1.63 bits per heavy atom. The molecule has 144 valence electrons. The van der Waals surface area contributed by atoms with Crippen LogP contribution in [-0.2, 0) is 5.41 Å². The highest BCUT2D eigenvalue weighted by atomic mass is 28.3. The van der Waals surface area contributed by atoms with Gasteiger partial charge in [0.2, 0.25) is 0 Å². The van der Waals surface area contributed by atoms with Crippen molar-refractivity contribution < 1.29 is 9.47 Å². The zero-order valence-electron chi connectivity index (χ0n) is 17.9. The molecule has 1 atom stereocenters. The SMILES string of the molecule is COc1cc(C(C)(C)C)c(OC)c([Si](C)(C)C2C(C)=Cc3ccccc32)c1. The fourth-order valence-electron chi connectivity index (χ4n) is 4.57. The van der Waals surface area contributed by atoms with E-state index in [0.717, 1.165) is 11.5 Å². The summed E-state index contributed by atoms with van der Waals surface area (Å²) in [7, 11) is 1.60. The zero-order valence-corrected chi connectivity index (χ0v) is 18.9. The molecule has 2 aromatic carbocycles. The number of hydrogen-bond donors (Lipinski definition) is 0. The maximum atomic E-state index is 6.03. The topological polar surface area (TPSA) is 18.5 Å². The normalized spacial score (nSPS) is 16.7. The Hall–Kier alpha value is -2.00. The largest absolute Gasteiger partial charge is 0.497 e. The Balaban J connectivity index is 2.25. The molecule has 0 heterocycles. The van der Waals surface area contributed by atoms with Gasteiger partial charge < -0.3 is 9.47 Å². The van der Waals surface area contributed by atoms with E-state index in [1.165, 1.54) is 27.5 Å². The van der Waals surface area contributed by atoms with E-state index in [9.17, 15) is 0 Å². The van der Waals surface area contributed by atoms with Crippen LogP contribution in [0.2, 0.25) is 13.1 Å². The van der Waals surface area contributed by atoms with Crippen LogP contribution < -0.4 is 14.7 Å². The predicted octanol–water partition coefficient (Wildman–Crippen LogP) is 5.66. The lowest BCUT2D eigenvalue weighted by Gasteiger charge is -2.36. The molecule has 0 aliphatic heterocycles. The first kappa shape index (κ1) is 19.8. The Labute approximate surface area is 165 Å². The highest BCUT2D eigenvalue weighted by Gasteiger charge is 2.42. The van der Waals surface area contributed by atoms with Crippen LogP contribution in [0.3, 0.4) is 0 Å². The first-order chi connectivity index (χ1) is 12.6. The molecule has 0 fully saturated rings. The third kappa shape index (κ3) is 3.34. The Kier molecular flexibility index (Phi) is 5.02. The average Bonchev–Trinajstić information content (AvgIpc) is 2.96. The highest BCUT2D eigenvalue weighted by Crippen LogP contribution is 2.44. The van der Waals surface area contributed by atoms with Crippen LogP contribution in [0.1, 0.15) is 49.9 Å². The summed E-state index contributed by atoms with van der Waals surface area (Å²) in [4.78, 5) is 0. The summed E-state index contributed by atoms with van der Waals surface area (Å²) in [6, 6.07) is 13.2. The third-order valence-corrected chi connectivity index (χ3v) is 9.84. The summed E-state index contributed by atoms with van der Waals surface area (Å²) < 4.78 is 11.7. The number of fused-ring (bicyclic) bond motifs is 1. The molecular weight excluding hydrogens is 348 g/mol. The first-order valence-corrected chi connectivity index (χ1v) is 12.7. The van der Waals surface area contributed by atoms with Gasteiger partial charge in [-0.1, -0.05) is 69.8 Å². The van der Waals surface area contributed by atoms with Crippen molar-refractivity contribution in [1.29, 1.82) is 0 Å². The van der Waals surface area contributed by atoms with Crippen molar-refractivity contribution in [3.63, 3.8) is 0 Å². The molecule has 3 heteroatoms. The Morgan fingerprint density at radius 1 is 0.963 bits per heavy atom. The predicted molar refractivity (Wildman–Crippen MR) is 118 cm³/mol. The molecule has 2 nitrogen and oxygen atoms in total. The molecule has 0 radical (unpaired) electrons. The van der Waals surface area contributed by atoms with E-state index in [2.05, 4.69) is 83.3 Å². The summed E-state index contributed by atoms with van der Waals surface area (Å²) in [5.74, 6) is 1.96. The lowest BCUT2D eigenvalue weighted by atomic mass is 9.86. The molecule has 0 saturated carbocycles. The van der Waals surface area contributed by atoms with Gasteiger partial charge in [0.25, 0.3) is 0 Å². The van der Waals surface area contributed by atoms with Gasteiger partial charge in [0.15, 0.2) is 0 Å². The zero-order chi connectivity index (χ0) is 20.0. The van der Waals surface area contributed by atoms with Gasteiger partial charge in [-0.2, -0.15) is 0 Å². The van der Waals surface area contributed by atoms with Crippen molar-refractivity contribution in [2.75, 3.05) is 14.2 Å². The standard InChI is InChI=1S/C24H32O2Si/c1-16-13-17-11-9-10-12-19(17)23(16)27(7,8)21-15-18(25-5)14-20(22(21)26-6)24(2,3)4/h9-15,23H,1-8H3. The molecule has 0 spiro atoms. The summed E-state index contributed by atoms with van der Waals surface area (Å²) >= 11 is 0. The van der Waals surface area contributed by atoms with Gasteiger partial charge >= 0.3 is 0 Å². The molecule has 0 N–H and O–H groups in total. The van der Waals surface area contributed by atoms with Crippen molar-refractivity contribution in [1.82, 2.24) is 0 Å². The van der Waals surface area contributed by atoms with Gasteiger partial charge in [0.05, 0.1) is 22.3 Å². The second kappa shape index (κ2) is 6.86. The quantitative estimate of drug-likeness (QED) is 0.638. The molecule has 1 aliphatic carbocycles. The summed E-state index contributed by atoms with van der Waals surface area (Å²) in [5, 5.41) is 1.34. The second-order valence-corrected chi connectivity index (χ2v) is 13.7. The number of allylic oxidation sites excluding steroid dienone is 1. The van der Waals surface area contributed by atoms with E-state index in [4.69, 9.17) is 9.47 Å².